The van der Waals surface area contributed by atoms with Crippen molar-refractivity contribution in [2.24, 2.45) is 0 Å². The van der Waals surface area contributed by atoms with Gasteiger partial charge in [0.2, 0.25) is 0 Å². The van der Waals surface area contributed by atoms with Crippen LogP contribution in [0, 0.1) is 11.8 Å². The Morgan fingerprint density at radius 3 is 2.30 bits per heavy atom. The maximum atomic E-state index is 13.4. The van der Waals surface area contributed by atoms with Crippen molar-refractivity contribution in [3.63, 3.8) is 0 Å². The number of fused-ring (bicyclic) bond motifs is 3. The summed E-state index contributed by atoms with van der Waals surface area (Å²) in [6, 6.07) is 27.2. The van der Waals surface area contributed by atoms with Crippen molar-refractivity contribution in [2.75, 3.05) is 7.11 Å². The molecular weight excluding hydrogens is 372 g/mol. The molecular formula is C26H18N2O2. The molecule has 2 heterocycles. The number of aromatic nitrogens is 2. The van der Waals surface area contributed by atoms with Gasteiger partial charge < -0.3 is 4.74 Å². The molecule has 3 aromatic carbocycles. The van der Waals surface area contributed by atoms with E-state index < -0.39 is 0 Å². The van der Waals surface area contributed by atoms with Gasteiger partial charge in [-0.15, -0.1) is 0 Å². The number of ether oxygens (including phenoxy) is 1. The summed E-state index contributed by atoms with van der Waals surface area (Å²) in [5.41, 5.74) is 2.94. The highest BCUT2D eigenvalue weighted by atomic mass is 16.5. The molecule has 0 fully saturated rings. The number of benzene rings is 3. The minimum Gasteiger partial charge on any atom is -0.497 e. The monoisotopic (exact) mass is 390 g/mol. The van der Waals surface area contributed by atoms with Crippen LogP contribution in [0.1, 0.15) is 11.3 Å². The predicted molar refractivity (Wildman–Crippen MR) is 119 cm³/mol. The number of pyridine rings is 1. The second-order valence-electron chi connectivity index (χ2n) is 6.90. The molecule has 0 spiro atoms. The first-order chi connectivity index (χ1) is 14.8. The van der Waals surface area contributed by atoms with Crippen LogP contribution in [-0.4, -0.2) is 16.1 Å². The third-order valence-corrected chi connectivity index (χ3v) is 5.13. The van der Waals surface area contributed by atoms with Crippen LogP contribution in [0.2, 0.25) is 0 Å². The molecule has 0 radical (unpaired) electrons. The summed E-state index contributed by atoms with van der Waals surface area (Å²) in [7, 11) is 1.62. The molecule has 5 rings (SSSR count). The zero-order valence-electron chi connectivity index (χ0n) is 16.4. The lowest BCUT2D eigenvalue weighted by molar-refractivity contribution is 0.414. The molecule has 0 unspecified atom stereocenters. The van der Waals surface area contributed by atoms with Crippen molar-refractivity contribution in [1.82, 2.24) is 8.97 Å². The van der Waals surface area contributed by atoms with E-state index in [2.05, 4.69) is 11.8 Å². The average Bonchev–Trinajstić information content (AvgIpc) is 3.10. The van der Waals surface area contributed by atoms with Gasteiger partial charge in [0.05, 0.1) is 18.3 Å². The fourth-order valence-corrected chi connectivity index (χ4v) is 3.67. The topological polar surface area (TPSA) is 35.6 Å². The molecule has 0 amide bonds. The minimum atomic E-state index is -0.154. The number of hydrogen-bond donors (Lipinski definition) is 0. The van der Waals surface area contributed by atoms with Crippen molar-refractivity contribution in [1.29, 1.82) is 0 Å². The molecule has 0 N–H and O–H groups in total. The van der Waals surface area contributed by atoms with E-state index in [9.17, 15) is 4.79 Å². The highest BCUT2D eigenvalue weighted by molar-refractivity contribution is 5.98. The standard InChI is InChI=1S/C26H18N2O2/c1-30-22-14-12-21(13-15-22)28-24(16-11-19-7-3-2-4-8-19)25-23-10-6-5-9-20(23)17-18-27(25)26(28)29/h2-10,12-15,17-18H,1H3. The van der Waals surface area contributed by atoms with Crippen molar-refractivity contribution >= 4 is 16.3 Å². The molecule has 0 aliphatic heterocycles. The van der Waals surface area contributed by atoms with Gasteiger partial charge in [0.15, 0.2) is 0 Å². The van der Waals surface area contributed by atoms with Gasteiger partial charge in [-0.05, 0) is 53.8 Å². The van der Waals surface area contributed by atoms with Crippen LogP contribution in [0.4, 0.5) is 0 Å². The summed E-state index contributed by atoms with van der Waals surface area (Å²) in [5.74, 6) is 7.22. The Morgan fingerprint density at radius 1 is 0.800 bits per heavy atom. The molecule has 2 aromatic heterocycles. The van der Waals surface area contributed by atoms with Crippen LogP contribution in [0.25, 0.3) is 22.0 Å². The lowest BCUT2D eigenvalue weighted by Crippen LogP contribution is -2.19. The third kappa shape index (κ3) is 2.94. The fourth-order valence-electron chi connectivity index (χ4n) is 3.67. The van der Waals surface area contributed by atoms with E-state index in [0.717, 1.165) is 33.3 Å². The van der Waals surface area contributed by atoms with E-state index in [1.807, 2.05) is 91.1 Å². The van der Waals surface area contributed by atoms with Gasteiger partial charge in [-0.2, -0.15) is 0 Å². The van der Waals surface area contributed by atoms with Crippen LogP contribution in [0.5, 0.6) is 5.75 Å². The highest BCUT2D eigenvalue weighted by Crippen LogP contribution is 2.24. The predicted octanol–water partition coefficient (Wildman–Crippen LogP) is 4.65. The van der Waals surface area contributed by atoms with E-state index in [1.54, 1.807) is 16.1 Å². The Labute approximate surface area is 173 Å². The lowest BCUT2D eigenvalue weighted by atomic mass is 10.1. The molecule has 0 saturated carbocycles. The molecule has 4 heteroatoms. The molecule has 5 aromatic rings. The van der Waals surface area contributed by atoms with E-state index >= 15 is 0 Å². The van der Waals surface area contributed by atoms with Gasteiger partial charge >= 0.3 is 5.69 Å². The number of nitrogens with zero attached hydrogens (tertiary/aromatic N) is 2. The minimum absolute atomic E-state index is 0.154. The first kappa shape index (κ1) is 17.8. The maximum absolute atomic E-state index is 13.4. The first-order valence-corrected chi connectivity index (χ1v) is 9.62. The van der Waals surface area contributed by atoms with Gasteiger partial charge in [-0.25, -0.2) is 4.79 Å². The smallest absolute Gasteiger partial charge is 0.338 e. The maximum Gasteiger partial charge on any atom is 0.338 e. The Kier molecular flexibility index (Phi) is 4.34. The van der Waals surface area contributed by atoms with E-state index in [1.165, 1.54) is 0 Å². The van der Waals surface area contributed by atoms with Crippen molar-refractivity contribution in [3.8, 4) is 23.3 Å². The number of rotatable bonds is 2. The van der Waals surface area contributed by atoms with Crippen molar-refractivity contribution in [3.05, 3.63) is 113 Å². The van der Waals surface area contributed by atoms with Gasteiger partial charge in [-0.1, -0.05) is 48.4 Å². The molecule has 30 heavy (non-hydrogen) atoms. The molecule has 0 aliphatic rings. The molecule has 0 bridgehead atoms. The zero-order chi connectivity index (χ0) is 20.5. The van der Waals surface area contributed by atoms with E-state index in [4.69, 9.17) is 4.74 Å². The molecule has 0 saturated heterocycles. The number of hydrogen-bond acceptors (Lipinski definition) is 2. The summed E-state index contributed by atoms with van der Waals surface area (Å²) in [4.78, 5) is 13.4. The number of methoxy groups -OCH3 is 1. The summed E-state index contributed by atoms with van der Waals surface area (Å²) >= 11 is 0. The average molecular weight is 390 g/mol. The fraction of sp³-hybridized carbons (Fsp3) is 0.0385. The van der Waals surface area contributed by atoms with Crippen LogP contribution in [0.3, 0.4) is 0 Å². The Bertz CT molecular complexity index is 1480. The molecule has 0 atom stereocenters. The second-order valence-corrected chi connectivity index (χ2v) is 6.90. The largest absolute Gasteiger partial charge is 0.497 e. The second kappa shape index (κ2) is 7.31. The highest BCUT2D eigenvalue weighted by Gasteiger charge is 2.17. The van der Waals surface area contributed by atoms with E-state index in [0.29, 0.717) is 5.69 Å². The summed E-state index contributed by atoms with van der Waals surface area (Å²) < 4.78 is 8.60. The summed E-state index contributed by atoms with van der Waals surface area (Å²) in [6.45, 7) is 0. The normalized spacial score (nSPS) is 10.7. The Hall–Kier alpha value is -4.23. The molecule has 4 nitrogen and oxygen atoms in total. The summed E-state index contributed by atoms with van der Waals surface area (Å²) in [6.07, 6.45) is 1.81. The molecule has 144 valence electrons. The van der Waals surface area contributed by atoms with Gasteiger partial charge in [0.25, 0.3) is 0 Å². The van der Waals surface area contributed by atoms with Crippen molar-refractivity contribution in [2.45, 2.75) is 0 Å². The van der Waals surface area contributed by atoms with Crippen LogP contribution >= 0.6 is 0 Å². The van der Waals surface area contributed by atoms with Gasteiger partial charge in [0.1, 0.15) is 11.4 Å². The van der Waals surface area contributed by atoms with Gasteiger partial charge in [0, 0.05) is 17.1 Å². The molecule has 0 aliphatic carbocycles. The van der Waals surface area contributed by atoms with Crippen LogP contribution in [-0.2, 0) is 0 Å². The quantitative estimate of drug-likeness (QED) is 0.411. The van der Waals surface area contributed by atoms with Crippen molar-refractivity contribution < 1.29 is 4.74 Å². The summed E-state index contributed by atoms with van der Waals surface area (Å²) in [5, 5.41) is 2.05. The van der Waals surface area contributed by atoms with Gasteiger partial charge in [-0.3, -0.25) is 8.97 Å². The first-order valence-electron chi connectivity index (χ1n) is 9.62. The number of imidazole rings is 1. The van der Waals surface area contributed by atoms with Crippen LogP contribution in [0.15, 0.2) is 95.9 Å². The Morgan fingerprint density at radius 2 is 1.53 bits per heavy atom. The van der Waals surface area contributed by atoms with Crippen LogP contribution < -0.4 is 10.4 Å². The van der Waals surface area contributed by atoms with E-state index in [-0.39, 0.29) is 5.69 Å². The SMILES string of the molecule is COc1ccc(-n2c(C#Cc3ccccc3)c3c4ccccc4ccn3c2=O)cc1. The zero-order valence-corrected chi connectivity index (χ0v) is 16.4. The Balaban J connectivity index is 1.86. The lowest BCUT2D eigenvalue weighted by Gasteiger charge is -2.05. The third-order valence-electron chi connectivity index (χ3n) is 5.13.